The lowest BCUT2D eigenvalue weighted by Crippen LogP contribution is -2.53. The van der Waals surface area contributed by atoms with Crippen LogP contribution in [0.15, 0.2) is 30.3 Å². The molecule has 0 aliphatic carbocycles. The number of aryl methyl sites for hydroxylation is 1. The summed E-state index contributed by atoms with van der Waals surface area (Å²) < 4.78 is 5.12. The van der Waals surface area contributed by atoms with Gasteiger partial charge in [0.05, 0.1) is 0 Å². The molecule has 21 heavy (non-hydrogen) atoms. The zero-order valence-corrected chi connectivity index (χ0v) is 13.0. The van der Waals surface area contributed by atoms with Gasteiger partial charge in [0.2, 0.25) is 0 Å². The van der Waals surface area contributed by atoms with E-state index in [4.69, 9.17) is 4.74 Å². The largest absolute Gasteiger partial charge is 0.480 e. The minimum atomic E-state index is -1.36. The molecule has 0 saturated heterocycles. The Morgan fingerprint density at radius 2 is 1.71 bits per heavy atom. The van der Waals surface area contributed by atoms with E-state index in [0.29, 0.717) is 6.42 Å². The zero-order chi connectivity index (χ0) is 16.1. The van der Waals surface area contributed by atoms with Crippen molar-refractivity contribution in [2.75, 3.05) is 0 Å². The Labute approximate surface area is 125 Å². The number of ether oxygens (including phenoxy) is 1. The van der Waals surface area contributed by atoms with Gasteiger partial charge in [0.25, 0.3) is 0 Å². The fourth-order valence-corrected chi connectivity index (χ4v) is 1.79. The van der Waals surface area contributed by atoms with Crippen LogP contribution in [0.1, 0.15) is 39.7 Å². The molecule has 0 aliphatic rings. The number of hydrogen-bond acceptors (Lipinski definition) is 3. The Bertz CT molecular complexity index is 493. The highest BCUT2D eigenvalue weighted by Crippen LogP contribution is 2.16. The molecule has 0 aromatic heterocycles. The molecule has 0 radical (unpaired) electrons. The van der Waals surface area contributed by atoms with Crippen LogP contribution in [0.2, 0.25) is 0 Å². The summed E-state index contributed by atoms with van der Waals surface area (Å²) in [6.07, 6.45) is 0.117. The van der Waals surface area contributed by atoms with Crippen LogP contribution in [-0.4, -0.2) is 28.3 Å². The summed E-state index contributed by atoms with van der Waals surface area (Å²) in [6, 6.07) is 9.55. The van der Waals surface area contributed by atoms with Gasteiger partial charge in [0.15, 0.2) is 0 Å². The van der Waals surface area contributed by atoms with Gasteiger partial charge < -0.3 is 15.2 Å². The number of carbonyl (C=O) groups excluding carboxylic acids is 1. The van der Waals surface area contributed by atoms with Gasteiger partial charge >= 0.3 is 12.1 Å². The second kappa shape index (κ2) is 6.61. The number of amides is 1. The maximum absolute atomic E-state index is 11.8. The van der Waals surface area contributed by atoms with E-state index in [2.05, 4.69) is 5.32 Å². The van der Waals surface area contributed by atoms with E-state index in [1.807, 2.05) is 30.3 Å². The molecule has 116 valence electrons. The minimum Gasteiger partial charge on any atom is -0.480 e. The molecule has 0 spiro atoms. The predicted molar refractivity (Wildman–Crippen MR) is 80.2 cm³/mol. The number of alkyl carbamates (subject to hydrolysis) is 1. The summed E-state index contributed by atoms with van der Waals surface area (Å²) in [6.45, 7) is 6.68. The van der Waals surface area contributed by atoms with Gasteiger partial charge in [0.1, 0.15) is 11.1 Å². The number of hydrogen-bond donors (Lipinski definition) is 2. The van der Waals surface area contributed by atoms with Gasteiger partial charge in [-0.3, -0.25) is 0 Å². The molecule has 1 rings (SSSR count). The Hall–Kier alpha value is -2.04. The van der Waals surface area contributed by atoms with E-state index in [1.54, 1.807) is 20.8 Å². The SMILES string of the molecule is CC(C)(C)OC(=O)N[C@](C)(CCc1ccccc1)C(=O)O. The molecule has 0 saturated carbocycles. The van der Waals surface area contributed by atoms with Crippen molar-refractivity contribution < 1.29 is 19.4 Å². The number of aliphatic carboxylic acids is 1. The van der Waals surface area contributed by atoms with E-state index in [-0.39, 0.29) is 6.42 Å². The van der Waals surface area contributed by atoms with Crippen molar-refractivity contribution in [2.24, 2.45) is 0 Å². The second-order valence-electron chi connectivity index (χ2n) is 6.25. The summed E-state index contributed by atoms with van der Waals surface area (Å²) in [5, 5.41) is 11.8. The van der Waals surface area contributed by atoms with E-state index in [9.17, 15) is 14.7 Å². The van der Waals surface area contributed by atoms with Gasteiger partial charge in [-0.25, -0.2) is 9.59 Å². The van der Waals surface area contributed by atoms with Gasteiger partial charge in [-0.05, 0) is 46.1 Å². The minimum absolute atomic E-state index is 0.283. The molecule has 0 fully saturated rings. The van der Waals surface area contributed by atoms with E-state index < -0.39 is 23.2 Å². The van der Waals surface area contributed by atoms with E-state index in [1.165, 1.54) is 6.92 Å². The molecule has 2 N–H and O–H groups in total. The average Bonchev–Trinajstić information content (AvgIpc) is 2.35. The summed E-state index contributed by atoms with van der Waals surface area (Å²) >= 11 is 0. The van der Waals surface area contributed by atoms with Crippen molar-refractivity contribution in [3.8, 4) is 0 Å². The Morgan fingerprint density at radius 3 is 2.19 bits per heavy atom. The quantitative estimate of drug-likeness (QED) is 0.875. The highest BCUT2D eigenvalue weighted by Gasteiger charge is 2.36. The Morgan fingerprint density at radius 1 is 1.14 bits per heavy atom. The van der Waals surface area contributed by atoms with Crippen molar-refractivity contribution in [2.45, 2.75) is 51.7 Å². The monoisotopic (exact) mass is 293 g/mol. The average molecular weight is 293 g/mol. The lowest BCUT2D eigenvalue weighted by Gasteiger charge is -2.28. The number of nitrogens with one attached hydrogen (secondary N) is 1. The molecular formula is C16H23NO4. The summed E-state index contributed by atoms with van der Waals surface area (Å²) in [5.74, 6) is -1.08. The first kappa shape index (κ1) is 17.0. The number of benzene rings is 1. The molecule has 5 heteroatoms. The smallest absolute Gasteiger partial charge is 0.408 e. The maximum Gasteiger partial charge on any atom is 0.408 e. The standard InChI is InChI=1S/C16H23NO4/c1-15(2,3)21-14(20)17-16(4,13(18)19)11-10-12-8-6-5-7-9-12/h5-9H,10-11H2,1-4H3,(H,17,20)(H,18,19)/t16-/m1/s1. The third-order valence-electron chi connectivity index (χ3n) is 3.01. The van der Waals surface area contributed by atoms with Crippen LogP contribution in [0.3, 0.4) is 0 Å². The normalized spacial score (nSPS) is 14.1. The third-order valence-corrected chi connectivity index (χ3v) is 3.01. The zero-order valence-electron chi connectivity index (χ0n) is 13.0. The molecule has 1 aromatic carbocycles. The third kappa shape index (κ3) is 5.85. The van der Waals surface area contributed by atoms with Crippen molar-refractivity contribution in [1.29, 1.82) is 0 Å². The lowest BCUT2D eigenvalue weighted by atomic mass is 9.93. The number of carboxylic acid groups (broad SMARTS) is 1. The Kier molecular flexibility index (Phi) is 5.35. The highest BCUT2D eigenvalue weighted by molar-refractivity contribution is 5.84. The fourth-order valence-electron chi connectivity index (χ4n) is 1.79. The Balaban J connectivity index is 2.70. The molecular weight excluding hydrogens is 270 g/mol. The molecule has 1 amide bonds. The first-order valence-electron chi connectivity index (χ1n) is 6.91. The van der Waals surface area contributed by atoms with E-state index in [0.717, 1.165) is 5.56 Å². The molecule has 1 atom stereocenters. The van der Waals surface area contributed by atoms with Crippen LogP contribution in [-0.2, 0) is 16.0 Å². The van der Waals surface area contributed by atoms with Crippen molar-refractivity contribution >= 4 is 12.1 Å². The molecule has 0 unspecified atom stereocenters. The highest BCUT2D eigenvalue weighted by atomic mass is 16.6. The molecule has 0 heterocycles. The van der Waals surface area contributed by atoms with Gasteiger partial charge in [0, 0.05) is 0 Å². The molecule has 5 nitrogen and oxygen atoms in total. The van der Waals surface area contributed by atoms with Gasteiger partial charge in [-0.15, -0.1) is 0 Å². The summed E-state index contributed by atoms with van der Waals surface area (Å²) in [4.78, 5) is 23.3. The van der Waals surface area contributed by atoms with Crippen LogP contribution < -0.4 is 5.32 Å². The van der Waals surface area contributed by atoms with Crippen LogP contribution in [0.5, 0.6) is 0 Å². The maximum atomic E-state index is 11.8. The fraction of sp³-hybridized carbons (Fsp3) is 0.500. The van der Waals surface area contributed by atoms with Crippen molar-refractivity contribution in [3.05, 3.63) is 35.9 Å². The summed E-state index contributed by atoms with van der Waals surface area (Å²) in [5.41, 5.74) is -1.00. The molecule has 1 aromatic rings. The van der Waals surface area contributed by atoms with Crippen LogP contribution in [0.25, 0.3) is 0 Å². The number of carbonyl (C=O) groups is 2. The predicted octanol–water partition coefficient (Wildman–Crippen LogP) is 2.99. The van der Waals surface area contributed by atoms with Crippen LogP contribution in [0, 0.1) is 0 Å². The van der Waals surface area contributed by atoms with Gasteiger partial charge in [-0.2, -0.15) is 0 Å². The number of rotatable bonds is 5. The lowest BCUT2D eigenvalue weighted by molar-refractivity contribution is -0.144. The topological polar surface area (TPSA) is 75.6 Å². The second-order valence-corrected chi connectivity index (χ2v) is 6.25. The first-order valence-corrected chi connectivity index (χ1v) is 6.91. The molecule has 0 aliphatic heterocycles. The van der Waals surface area contributed by atoms with Gasteiger partial charge in [-0.1, -0.05) is 30.3 Å². The number of carboxylic acids is 1. The van der Waals surface area contributed by atoms with Crippen molar-refractivity contribution in [3.63, 3.8) is 0 Å². The van der Waals surface area contributed by atoms with E-state index >= 15 is 0 Å². The summed E-state index contributed by atoms with van der Waals surface area (Å²) in [7, 11) is 0. The first-order chi connectivity index (χ1) is 9.62. The van der Waals surface area contributed by atoms with Crippen molar-refractivity contribution in [1.82, 2.24) is 5.32 Å². The van der Waals surface area contributed by atoms with Crippen LogP contribution in [0.4, 0.5) is 4.79 Å². The molecule has 0 bridgehead atoms. The van der Waals surface area contributed by atoms with Crippen LogP contribution >= 0.6 is 0 Å².